The number of carbonyl (C=O) groups is 2. The maximum absolute atomic E-state index is 13.4. The van der Waals surface area contributed by atoms with Crippen molar-refractivity contribution in [3.05, 3.63) is 54.3 Å². The number of hydrogen-bond donors (Lipinski definition) is 1. The lowest BCUT2D eigenvalue weighted by Crippen LogP contribution is -2.34. The Hall–Kier alpha value is -2.89. The highest BCUT2D eigenvalue weighted by Crippen LogP contribution is 2.29. The Labute approximate surface area is 139 Å². The molecule has 0 bridgehead atoms. The van der Waals surface area contributed by atoms with Gasteiger partial charge in [0, 0.05) is 0 Å². The van der Waals surface area contributed by atoms with Crippen molar-refractivity contribution in [2.45, 2.75) is 19.4 Å². The number of carbonyl (C=O) groups excluding carboxylic acids is 2. The summed E-state index contributed by atoms with van der Waals surface area (Å²) in [7, 11) is 0. The monoisotopic (exact) mass is 328 g/mol. The van der Waals surface area contributed by atoms with Crippen molar-refractivity contribution in [1.29, 1.82) is 0 Å². The molecule has 1 saturated heterocycles. The molecule has 24 heavy (non-hydrogen) atoms. The van der Waals surface area contributed by atoms with Crippen LogP contribution in [-0.2, 0) is 9.59 Å². The predicted molar refractivity (Wildman–Crippen MR) is 88.5 cm³/mol. The van der Waals surface area contributed by atoms with E-state index in [-0.39, 0.29) is 18.0 Å². The molecule has 0 saturated carbocycles. The van der Waals surface area contributed by atoms with Crippen LogP contribution in [0.5, 0.6) is 5.75 Å². The van der Waals surface area contributed by atoms with E-state index in [1.807, 2.05) is 19.1 Å². The van der Waals surface area contributed by atoms with Gasteiger partial charge in [0.15, 0.2) is 0 Å². The summed E-state index contributed by atoms with van der Waals surface area (Å²) in [6, 6.07) is 12.0. The van der Waals surface area contributed by atoms with E-state index in [0.717, 1.165) is 4.90 Å². The van der Waals surface area contributed by atoms with Crippen LogP contribution in [0.25, 0.3) is 0 Å². The Kier molecular flexibility index (Phi) is 4.46. The minimum absolute atomic E-state index is 0.00973. The molecule has 1 aliphatic heterocycles. The van der Waals surface area contributed by atoms with E-state index in [1.54, 1.807) is 12.1 Å². The third kappa shape index (κ3) is 3.08. The summed E-state index contributed by atoms with van der Waals surface area (Å²) in [5.74, 6) is -0.649. The van der Waals surface area contributed by atoms with Crippen LogP contribution in [0.3, 0.4) is 0 Å². The number of halogens is 1. The maximum atomic E-state index is 13.4. The number of anilines is 2. The number of imide groups is 1. The normalized spacial score (nSPS) is 17.2. The van der Waals surface area contributed by atoms with Gasteiger partial charge >= 0.3 is 0 Å². The highest BCUT2D eigenvalue weighted by Gasteiger charge is 2.39. The number of nitrogens with zero attached hydrogens (tertiary/aromatic N) is 1. The zero-order valence-electron chi connectivity index (χ0n) is 13.2. The molecule has 0 aromatic heterocycles. The van der Waals surface area contributed by atoms with E-state index in [1.165, 1.54) is 24.3 Å². The highest BCUT2D eigenvalue weighted by atomic mass is 19.1. The fourth-order valence-electron chi connectivity index (χ4n) is 2.69. The van der Waals surface area contributed by atoms with Crippen molar-refractivity contribution < 1.29 is 18.7 Å². The van der Waals surface area contributed by atoms with Crippen molar-refractivity contribution in [1.82, 2.24) is 0 Å². The molecular weight excluding hydrogens is 311 g/mol. The van der Waals surface area contributed by atoms with Gasteiger partial charge in [0.05, 0.1) is 24.4 Å². The minimum Gasteiger partial charge on any atom is -0.492 e. The standard InChI is InChI=1S/C18H17FN2O3/c1-2-24-16-9-4-3-8-14(16)20-15-11-17(22)21(18(15)23)13-7-5-6-12(19)10-13/h3-10,15,20H,2,11H2,1H3. The summed E-state index contributed by atoms with van der Waals surface area (Å²) in [6.45, 7) is 2.36. The lowest BCUT2D eigenvalue weighted by atomic mass is 10.2. The first kappa shape index (κ1) is 16.0. The average molecular weight is 328 g/mol. The van der Waals surface area contributed by atoms with Gasteiger partial charge in [-0.3, -0.25) is 9.59 Å². The zero-order chi connectivity index (χ0) is 17.1. The Morgan fingerprint density at radius 1 is 1.21 bits per heavy atom. The quantitative estimate of drug-likeness (QED) is 0.857. The average Bonchev–Trinajstić information content (AvgIpc) is 2.83. The topological polar surface area (TPSA) is 58.6 Å². The molecule has 1 fully saturated rings. The van der Waals surface area contributed by atoms with Gasteiger partial charge in [-0.2, -0.15) is 0 Å². The second-order valence-corrected chi connectivity index (χ2v) is 5.38. The van der Waals surface area contributed by atoms with Crippen LogP contribution in [-0.4, -0.2) is 24.5 Å². The summed E-state index contributed by atoms with van der Waals surface area (Å²) in [5, 5.41) is 3.06. The van der Waals surface area contributed by atoms with Crippen LogP contribution in [0, 0.1) is 5.82 Å². The lowest BCUT2D eigenvalue weighted by Gasteiger charge is -2.17. The van der Waals surface area contributed by atoms with Crippen LogP contribution in [0.15, 0.2) is 48.5 Å². The first-order chi connectivity index (χ1) is 11.6. The second kappa shape index (κ2) is 6.70. The minimum atomic E-state index is -0.706. The SMILES string of the molecule is CCOc1ccccc1NC1CC(=O)N(c2cccc(F)c2)C1=O. The van der Waals surface area contributed by atoms with E-state index in [4.69, 9.17) is 4.74 Å². The molecule has 124 valence electrons. The molecule has 1 unspecified atom stereocenters. The Balaban J connectivity index is 1.82. The van der Waals surface area contributed by atoms with Gasteiger partial charge in [0.1, 0.15) is 17.6 Å². The largest absolute Gasteiger partial charge is 0.492 e. The molecule has 2 amide bonds. The van der Waals surface area contributed by atoms with Gasteiger partial charge in [-0.1, -0.05) is 18.2 Å². The molecule has 3 rings (SSSR count). The molecule has 2 aromatic carbocycles. The number of benzene rings is 2. The number of hydrogen-bond acceptors (Lipinski definition) is 4. The molecular formula is C18H17FN2O3. The summed E-state index contributed by atoms with van der Waals surface area (Å²) < 4.78 is 18.9. The van der Waals surface area contributed by atoms with Crippen molar-refractivity contribution in [2.24, 2.45) is 0 Å². The van der Waals surface area contributed by atoms with Crippen LogP contribution < -0.4 is 15.0 Å². The molecule has 2 aromatic rings. The number of para-hydroxylation sites is 2. The van der Waals surface area contributed by atoms with Crippen molar-refractivity contribution >= 4 is 23.2 Å². The van der Waals surface area contributed by atoms with E-state index in [0.29, 0.717) is 18.0 Å². The smallest absolute Gasteiger partial charge is 0.256 e. The first-order valence-corrected chi connectivity index (χ1v) is 7.71. The third-order valence-electron chi connectivity index (χ3n) is 3.73. The molecule has 0 aliphatic carbocycles. The van der Waals surface area contributed by atoms with Gasteiger partial charge in [-0.15, -0.1) is 0 Å². The predicted octanol–water partition coefficient (Wildman–Crippen LogP) is 2.97. The molecule has 5 nitrogen and oxygen atoms in total. The van der Waals surface area contributed by atoms with E-state index < -0.39 is 17.8 Å². The highest BCUT2D eigenvalue weighted by molar-refractivity contribution is 6.23. The van der Waals surface area contributed by atoms with Crippen LogP contribution in [0.1, 0.15) is 13.3 Å². The zero-order valence-corrected chi connectivity index (χ0v) is 13.2. The fourth-order valence-corrected chi connectivity index (χ4v) is 2.69. The number of nitrogens with one attached hydrogen (secondary N) is 1. The Morgan fingerprint density at radius 3 is 2.75 bits per heavy atom. The summed E-state index contributed by atoms with van der Waals surface area (Å²) in [5.41, 5.74) is 0.888. The van der Waals surface area contributed by atoms with E-state index >= 15 is 0 Å². The van der Waals surface area contributed by atoms with Crippen LogP contribution >= 0.6 is 0 Å². The Bertz CT molecular complexity index is 778. The number of rotatable bonds is 5. The first-order valence-electron chi connectivity index (χ1n) is 7.71. The van der Waals surface area contributed by atoms with Gasteiger partial charge < -0.3 is 10.1 Å². The fraction of sp³-hybridized carbons (Fsp3) is 0.222. The lowest BCUT2D eigenvalue weighted by molar-refractivity contribution is -0.121. The van der Waals surface area contributed by atoms with Gasteiger partial charge in [0.25, 0.3) is 5.91 Å². The van der Waals surface area contributed by atoms with Crippen LogP contribution in [0.2, 0.25) is 0 Å². The maximum Gasteiger partial charge on any atom is 0.256 e. The summed E-state index contributed by atoms with van der Waals surface area (Å²) >= 11 is 0. The Morgan fingerprint density at radius 2 is 2.00 bits per heavy atom. The summed E-state index contributed by atoms with van der Waals surface area (Å²) in [6.07, 6.45) is 0.00973. The third-order valence-corrected chi connectivity index (χ3v) is 3.73. The van der Waals surface area contributed by atoms with Crippen LogP contribution in [0.4, 0.5) is 15.8 Å². The molecule has 0 spiro atoms. The second-order valence-electron chi connectivity index (χ2n) is 5.38. The van der Waals surface area contributed by atoms with E-state index in [2.05, 4.69) is 5.32 Å². The molecule has 6 heteroatoms. The van der Waals surface area contributed by atoms with E-state index in [9.17, 15) is 14.0 Å². The van der Waals surface area contributed by atoms with Gasteiger partial charge in [-0.25, -0.2) is 9.29 Å². The molecule has 0 radical (unpaired) electrons. The van der Waals surface area contributed by atoms with Gasteiger partial charge in [-0.05, 0) is 37.3 Å². The molecule has 1 N–H and O–H groups in total. The summed E-state index contributed by atoms with van der Waals surface area (Å²) in [4.78, 5) is 25.8. The van der Waals surface area contributed by atoms with Crippen molar-refractivity contribution in [3.63, 3.8) is 0 Å². The molecule has 1 aliphatic rings. The molecule has 1 heterocycles. The number of ether oxygens (including phenoxy) is 1. The number of amides is 2. The van der Waals surface area contributed by atoms with Crippen molar-refractivity contribution in [3.8, 4) is 5.75 Å². The van der Waals surface area contributed by atoms with Crippen molar-refractivity contribution in [2.75, 3.05) is 16.8 Å². The van der Waals surface area contributed by atoms with Gasteiger partial charge in [0.2, 0.25) is 5.91 Å². The molecule has 1 atom stereocenters.